The van der Waals surface area contributed by atoms with E-state index in [4.69, 9.17) is 21.4 Å². The Morgan fingerprint density at radius 1 is 1.10 bits per heavy atom. The number of imidazole rings is 1. The third-order valence-corrected chi connectivity index (χ3v) is 6.73. The van der Waals surface area contributed by atoms with Crippen LogP contribution in [-0.4, -0.2) is 50.2 Å². The van der Waals surface area contributed by atoms with E-state index in [-0.39, 0.29) is 6.29 Å². The van der Waals surface area contributed by atoms with E-state index in [1.165, 1.54) is 17.7 Å². The highest BCUT2D eigenvalue weighted by Gasteiger charge is 2.34. The zero-order chi connectivity index (χ0) is 20.5. The lowest BCUT2D eigenvalue weighted by atomic mass is 9.88. The summed E-state index contributed by atoms with van der Waals surface area (Å²) in [6.45, 7) is 2.66. The van der Waals surface area contributed by atoms with Crippen molar-refractivity contribution >= 4 is 11.0 Å². The average molecular weight is 406 g/mol. The standard InChI is InChI=1S/C23H31N7/c24-23(25)29-13-10-17(11-14-29)30(15-21-27-18-7-1-2-8-19(18)28-21)20-9-3-5-16-6-4-12-26-22(16)20/h1-2,4,6-8,12,17,20,23H,3,5,9-11,13-15,24-25H2,(H,27,28). The van der Waals surface area contributed by atoms with Crippen molar-refractivity contribution in [1.29, 1.82) is 0 Å². The minimum atomic E-state index is -0.369. The van der Waals surface area contributed by atoms with E-state index in [1.54, 1.807) is 0 Å². The first-order valence-electron chi connectivity index (χ1n) is 11.1. The minimum absolute atomic E-state index is 0.325. The van der Waals surface area contributed by atoms with Gasteiger partial charge in [-0.25, -0.2) is 4.98 Å². The average Bonchev–Trinajstić information content (AvgIpc) is 3.20. The first kappa shape index (κ1) is 19.6. The number of aryl methyl sites for hydroxylation is 1. The topological polar surface area (TPSA) is 100 Å². The molecule has 1 saturated heterocycles. The molecular weight excluding hydrogens is 374 g/mol. The second kappa shape index (κ2) is 8.43. The Kier molecular flexibility index (Phi) is 5.52. The molecule has 30 heavy (non-hydrogen) atoms. The van der Waals surface area contributed by atoms with E-state index in [1.807, 2.05) is 12.3 Å². The van der Waals surface area contributed by atoms with E-state index in [0.29, 0.717) is 12.1 Å². The number of benzene rings is 1. The molecule has 1 unspecified atom stereocenters. The molecule has 1 fully saturated rings. The molecule has 1 aliphatic heterocycles. The van der Waals surface area contributed by atoms with Crippen molar-refractivity contribution in [2.75, 3.05) is 13.1 Å². The molecule has 5 N–H and O–H groups in total. The monoisotopic (exact) mass is 405 g/mol. The third kappa shape index (κ3) is 3.86. The van der Waals surface area contributed by atoms with Crippen LogP contribution in [0.1, 0.15) is 48.8 Å². The summed E-state index contributed by atoms with van der Waals surface area (Å²) in [5.74, 6) is 1.03. The number of nitrogens with one attached hydrogen (secondary N) is 1. The van der Waals surface area contributed by atoms with Gasteiger partial charge in [0.25, 0.3) is 0 Å². The van der Waals surface area contributed by atoms with Gasteiger partial charge in [0, 0.05) is 25.3 Å². The third-order valence-electron chi connectivity index (χ3n) is 6.73. The molecule has 0 radical (unpaired) electrons. The van der Waals surface area contributed by atoms with Gasteiger partial charge in [0.05, 0.1) is 29.3 Å². The number of para-hydroxylation sites is 2. The summed E-state index contributed by atoms with van der Waals surface area (Å²) in [6.07, 6.45) is 7.15. The molecule has 5 rings (SSSR count). The molecule has 7 nitrogen and oxygen atoms in total. The van der Waals surface area contributed by atoms with Crippen molar-refractivity contribution in [2.24, 2.45) is 11.5 Å². The minimum Gasteiger partial charge on any atom is -0.341 e. The molecule has 1 atom stereocenters. The van der Waals surface area contributed by atoms with Gasteiger partial charge in [0.2, 0.25) is 0 Å². The summed E-state index contributed by atoms with van der Waals surface area (Å²) < 4.78 is 0. The van der Waals surface area contributed by atoms with Crippen molar-refractivity contribution in [3.05, 3.63) is 59.7 Å². The molecule has 3 heterocycles. The van der Waals surface area contributed by atoms with Gasteiger partial charge in [-0.3, -0.25) is 14.8 Å². The Hall–Kier alpha value is -2.32. The highest BCUT2D eigenvalue weighted by Crippen LogP contribution is 2.37. The maximum absolute atomic E-state index is 5.93. The van der Waals surface area contributed by atoms with E-state index in [0.717, 1.165) is 62.2 Å². The largest absolute Gasteiger partial charge is 0.341 e. The second-order valence-corrected chi connectivity index (χ2v) is 8.59. The van der Waals surface area contributed by atoms with Crippen molar-refractivity contribution in [3.63, 3.8) is 0 Å². The van der Waals surface area contributed by atoms with Crippen LogP contribution in [0.3, 0.4) is 0 Å². The smallest absolute Gasteiger partial charge is 0.121 e. The number of likely N-dealkylation sites (tertiary alicyclic amines) is 1. The van der Waals surface area contributed by atoms with Gasteiger partial charge in [0.1, 0.15) is 12.1 Å². The number of aromatic amines is 1. The van der Waals surface area contributed by atoms with Crippen LogP contribution in [0.4, 0.5) is 0 Å². The predicted molar refractivity (Wildman–Crippen MR) is 118 cm³/mol. The van der Waals surface area contributed by atoms with Gasteiger partial charge >= 0.3 is 0 Å². The predicted octanol–water partition coefficient (Wildman–Crippen LogP) is 2.50. The number of nitrogens with two attached hydrogens (primary N) is 2. The van der Waals surface area contributed by atoms with Crippen LogP contribution < -0.4 is 11.5 Å². The molecule has 158 valence electrons. The van der Waals surface area contributed by atoms with Gasteiger partial charge in [-0.05, 0) is 55.9 Å². The number of rotatable bonds is 5. The lowest BCUT2D eigenvalue weighted by molar-refractivity contribution is 0.0435. The van der Waals surface area contributed by atoms with Gasteiger partial charge in [0.15, 0.2) is 0 Å². The van der Waals surface area contributed by atoms with Crippen molar-refractivity contribution in [3.8, 4) is 0 Å². The molecule has 0 saturated carbocycles. The molecular formula is C23H31N7. The number of nitrogens with zero attached hydrogens (tertiary/aromatic N) is 4. The molecule has 0 bridgehead atoms. The number of piperidine rings is 1. The van der Waals surface area contributed by atoms with E-state index >= 15 is 0 Å². The summed E-state index contributed by atoms with van der Waals surface area (Å²) in [6, 6.07) is 13.3. The molecule has 7 heteroatoms. The summed E-state index contributed by atoms with van der Waals surface area (Å²) in [5.41, 5.74) is 16.6. The van der Waals surface area contributed by atoms with E-state index in [2.05, 4.69) is 45.1 Å². The summed E-state index contributed by atoms with van der Waals surface area (Å²) in [4.78, 5) is 18.0. The SMILES string of the molecule is NC(N)N1CCC(N(Cc2nc3ccccc3[nH]2)C2CCCc3cccnc32)CC1. The van der Waals surface area contributed by atoms with E-state index in [9.17, 15) is 0 Å². The van der Waals surface area contributed by atoms with Crippen LogP contribution in [0, 0.1) is 0 Å². The second-order valence-electron chi connectivity index (χ2n) is 8.59. The normalized spacial score (nSPS) is 20.9. The van der Waals surface area contributed by atoms with Crippen LogP contribution in [0.5, 0.6) is 0 Å². The zero-order valence-corrected chi connectivity index (χ0v) is 17.4. The Bertz CT molecular complexity index is 957. The maximum atomic E-state index is 5.93. The quantitative estimate of drug-likeness (QED) is 0.564. The van der Waals surface area contributed by atoms with Crippen LogP contribution in [0.15, 0.2) is 42.6 Å². The first-order valence-corrected chi connectivity index (χ1v) is 11.1. The maximum Gasteiger partial charge on any atom is 0.121 e. The number of fused-ring (bicyclic) bond motifs is 2. The lowest BCUT2D eigenvalue weighted by Gasteiger charge is -2.44. The zero-order valence-electron chi connectivity index (χ0n) is 17.4. The Morgan fingerprint density at radius 3 is 2.73 bits per heavy atom. The van der Waals surface area contributed by atoms with Crippen LogP contribution in [0.2, 0.25) is 0 Å². The van der Waals surface area contributed by atoms with Gasteiger partial charge < -0.3 is 16.5 Å². The highest BCUT2D eigenvalue weighted by atomic mass is 15.3. The number of hydrogen-bond acceptors (Lipinski definition) is 6. The van der Waals surface area contributed by atoms with Crippen molar-refractivity contribution in [2.45, 2.75) is 57.0 Å². The molecule has 0 amide bonds. The Balaban J connectivity index is 1.45. The molecule has 0 spiro atoms. The van der Waals surface area contributed by atoms with Gasteiger partial charge in [-0.15, -0.1) is 0 Å². The fraction of sp³-hybridized carbons (Fsp3) is 0.478. The number of pyridine rings is 1. The fourth-order valence-corrected chi connectivity index (χ4v) is 5.17. The summed E-state index contributed by atoms with van der Waals surface area (Å²) >= 11 is 0. The fourth-order valence-electron chi connectivity index (χ4n) is 5.17. The van der Waals surface area contributed by atoms with Gasteiger partial charge in [-0.2, -0.15) is 0 Å². The van der Waals surface area contributed by atoms with E-state index < -0.39 is 0 Å². The summed E-state index contributed by atoms with van der Waals surface area (Å²) in [5, 5.41) is 0. The molecule has 1 aromatic carbocycles. The van der Waals surface area contributed by atoms with Crippen molar-refractivity contribution < 1.29 is 0 Å². The highest BCUT2D eigenvalue weighted by molar-refractivity contribution is 5.74. The van der Waals surface area contributed by atoms with Crippen LogP contribution in [0.25, 0.3) is 11.0 Å². The number of H-pyrrole nitrogens is 1. The summed E-state index contributed by atoms with van der Waals surface area (Å²) in [7, 11) is 0. The molecule has 2 aliphatic rings. The van der Waals surface area contributed by atoms with Crippen LogP contribution >= 0.6 is 0 Å². The first-order chi connectivity index (χ1) is 14.7. The van der Waals surface area contributed by atoms with Crippen LogP contribution in [-0.2, 0) is 13.0 Å². The van der Waals surface area contributed by atoms with Crippen molar-refractivity contribution in [1.82, 2.24) is 24.8 Å². The molecule has 1 aliphatic carbocycles. The molecule has 2 aromatic heterocycles. The Morgan fingerprint density at radius 2 is 1.93 bits per heavy atom. The Labute approximate surface area is 177 Å². The van der Waals surface area contributed by atoms with Gasteiger partial charge in [-0.1, -0.05) is 18.2 Å². The molecule has 3 aromatic rings. The lowest BCUT2D eigenvalue weighted by Crippen LogP contribution is -2.55. The number of hydrogen-bond donors (Lipinski definition) is 3. The number of aromatic nitrogens is 3.